The first kappa shape index (κ1) is 20.0. The third kappa shape index (κ3) is 4.07. The standard InChI is InChI=1S/C23H24ClN3OS/c1-14-13-23(2,3)27(4)19-10-5-15(11-18(14)19)12-20-21(28)26-22(29-20)25-17-8-6-16(24)7-9-17/h5-12,14H,13H2,1-4H3,(H,25,26,28)/b20-12-/t14-/m0/s1. The highest BCUT2D eigenvalue weighted by molar-refractivity contribution is 8.18. The second-order valence-electron chi connectivity index (χ2n) is 8.25. The van der Waals surface area contributed by atoms with Crippen LogP contribution in [0.3, 0.4) is 0 Å². The van der Waals surface area contributed by atoms with Crippen molar-refractivity contribution in [2.24, 2.45) is 4.99 Å². The largest absolute Gasteiger partial charge is 0.369 e. The topological polar surface area (TPSA) is 44.7 Å². The van der Waals surface area contributed by atoms with Gasteiger partial charge in [0, 0.05) is 23.3 Å². The van der Waals surface area contributed by atoms with E-state index in [1.165, 1.54) is 23.0 Å². The van der Waals surface area contributed by atoms with Crippen LogP contribution in [0.4, 0.5) is 11.4 Å². The van der Waals surface area contributed by atoms with Gasteiger partial charge in [-0.2, -0.15) is 0 Å². The average molecular weight is 426 g/mol. The predicted octanol–water partition coefficient (Wildman–Crippen LogP) is 5.95. The summed E-state index contributed by atoms with van der Waals surface area (Å²) in [7, 11) is 2.16. The first-order valence-electron chi connectivity index (χ1n) is 9.66. The molecule has 2 aromatic rings. The Morgan fingerprint density at radius 3 is 2.69 bits per heavy atom. The Morgan fingerprint density at radius 2 is 1.97 bits per heavy atom. The van der Waals surface area contributed by atoms with E-state index >= 15 is 0 Å². The Bertz CT molecular complexity index is 1030. The normalized spacial score (nSPS) is 23.4. The molecule has 1 fully saturated rings. The first-order valence-corrected chi connectivity index (χ1v) is 10.9. The molecule has 1 atom stereocenters. The zero-order valence-electron chi connectivity index (χ0n) is 17.0. The maximum Gasteiger partial charge on any atom is 0.264 e. The van der Waals surface area contributed by atoms with Crippen LogP contribution in [-0.4, -0.2) is 23.7 Å². The Labute approximate surface area is 181 Å². The summed E-state index contributed by atoms with van der Waals surface area (Å²) in [5.74, 6) is 0.355. The van der Waals surface area contributed by atoms with E-state index in [9.17, 15) is 4.79 Å². The van der Waals surface area contributed by atoms with Crippen molar-refractivity contribution in [2.45, 2.75) is 38.6 Å². The van der Waals surface area contributed by atoms with Crippen molar-refractivity contribution in [3.05, 3.63) is 63.5 Å². The number of amides is 1. The number of hydrogen-bond donors (Lipinski definition) is 1. The minimum atomic E-state index is -0.119. The van der Waals surface area contributed by atoms with Crippen molar-refractivity contribution < 1.29 is 4.79 Å². The molecule has 1 N–H and O–H groups in total. The highest BCUT2D eigenvalue weighted by Gasteiger charge is 2.34. The van der Waals surface area contributed by atoms with E-state index in [4.69, 9.17) is 11.6 Å². The molecule has 0 unspecified atom stereocenters. The summed E-state index contributed by atoms with van der Waals surface area (Å²) in [6, 6.07) is 13.7. The molecule has 0 aliphatic carbocycles. The van der Waals surface area contributed by atoms with Crippen LogP contribution in [0.15, 0.2) is 52.4 Å². The summed E-state index contributed by atoms with van der Waals surface area (Å²) < 4.78 is 0. The van der Waals surface area contributed by atoms with Gasteiger partial charge in [-0.15, -0.1) is 0 Å². The highest BCUT2D eigenvalue weighted by Crippen LogP contribution is 2.43. The van der Waals surface area contributed by atoms with Crippen LogP contribution in [0.25, 0.3) is 6.08 Å². The number of nitrogens with one attached hydrogen (secondary N) is 1. The van der Waals surface area contributed by atoms with Gasteiger partial charge in [-0.3, -0.25) is 4.79 Å². The molecule has 0 aromatic heterocycles. The smallest absolute Gasteiger partial charge is 0.264 e. The van der Waals surface area contributed by atoms with Crippen LogP contribution in [0, 0.1) is 0 Å². The van der Waals surface area contributed by atoms with Gasteiger partial charge in [-0.05, 0) is 91.5 Å². The molecule has 0 spiro atoms. The average Bonchev–Trinajstić information content (AvgIpc) is 3.00. The van der Waals surface area contributed by atoms with Gasteiger partial charge in [0.25, 0.3) is 5.91 Å². The fraction of sp³-hybridized carbons (Fsp3) is 0.304. The van der Waals surface area contributed by atoms with Gasteiger partial charge in [0.05, 0.1) is 10.6 Å². The van der Waals surface area contributed by atoms with Gasteiger partial charge in [0.15, 0.2) is 5.17 Å². The van der Waals surface area contributed by atoms with Crippen molar-refractivity contribution in [1.82, 2.24) is 5.32 Å². The van der Waals surface area contributed by atoms with E-state index in [1.807, 2.05) is 18.2 Å². The lowest BCUT2D eigenvalue weighted by molar-refractivity contribution is -0.115. The lowest BCUT2D eigenvalue weighted by atomic mass is 9.80. The van der Waals surface area contributed by atoms with E-state index in [1.54, 1.807) is 12.1 Å². The Kier molecular flexibility index (Phi) is 5.21. The molecule has 2 aliphatic rings. The molecule has 6 heteroatoms. The lowest BCUT2D eigenvalue weighted by Gasteiger charge is -2.45. The second-order valence-corrected chi connectivity index (χ2v) is 9.72. The van der Waals surface area contributed by atoms with E-state index in [0.717, 1.165) is 17.7 Å². The number of hydrogen-bond acceptors (Lipinski definition) is 4. The fourth-order valence-corrected chi connectivity index (χ4v) is 4.92. The molecule has 4 nitrogen and oxygen atoms in total. The van der Waals surface area contributed by atoms with Crippen LogP contribution >= 0.6 is 23.4 Å². The first-order chi connectivity index (χ1) is 13.7. The number of anilines is 1. The van der Waals surface area contributed by atoms with Crippen LogP contribution in [0.1, 0.15) is 44.2 Å². The van der Waals surface area contributed by atoms with Crippen LogP contribution in [-0.2, 0) is 4.79 Å². The van der Waals surface area contributed by atoms with E-state index in [-0.39, 0.29) is 11.4 Å². The van der Waals surface area contributed by atoms with Crippen molar-refractivity contribution in [3.63, 3.8) is 0 Å². The lowest BCUT2D eigenvalue weighted by Crippen LogP contribution is -2.45. The van der Waals surface area contributed by atoms with Gasteiger partial charge >= 0.3 is 0 Å². The number of nitrogens with zero attached hydrogens (tertiary/aromatic N) is 2. The molecule has 2 heterocycles. The van der Waals surface area contributed by atoms with E-state index in [2.05, 4.69) is 61.2 Å². The van der Waals surface area contributed by atoms with Gasteiger partial charge in [-0.1, -0.05) is 24.6 Å². The minimum Gasteiger partial charge on any atom is -0.369 e. The summed E-state index contributed by atoms with van der Waals surface area (Å²) >= 11 is 7.27. The number of thioether (sulfide) groups is 1. The Morgan fingerprint density at radius 1 is 1.24 bits per heavy atom. The summed E-state index contributed by atoms with van der Waals surface area (Å²) in [5.41, 5.74) is 4.53. The van der Waals surface area contributed by atoms with E-state index in [0.29, 0.717) is 21.0 Å². The molecule has 29 heavy (non-hydrogen) atoms. The van der Waals surface area contributed by atoms with Crippen molar-refractivity contribution in [1.29, 1.82) is 0 Å². The third-order valence-electron chi connectivity index (χ3n) is 5.66. The molecule has 2 aliphatic heterocycles. The molecular formula is C23H24ClN3OS. The quantitative estimate of drug-likeness (QED) is 0.604. The predicted molar refractivity (Wildman–Crippen MR) is 124 cm³/mol. The number of carbonyl (C=O) groups excluding carboxylic acids is 1. The number of carbonyl (C=O) groups is 1. The highest BCUT2D eigenvalue weighted by atomic mass is 35.5. The number of halogens is 1. The van der Waals surface area contributed by atoms with Gasteiger partial charge in [0.2, 0.25) is 0 Å². The molecule has 150 valence electrons. The van der Waals surface area contributed by atoms with Crippen molar-refractivity contribution in [3.8, 4) is 0 Å². The van der Waals surface area contributed by atoms with Gasteiger partial charge in [0.1, 0.15) is 0 Å². The summed E-state index contributed by atoms with van der Waals surface area (Å²) in [6.45, 7) is 6.84. The number of fused-ring (bicyclic) bond motifs is 1. The zero-order valence-corrected chi connectivity index (χ0v) is 18.6. The molecule has 0 saturated carbocycles. The number of rotatable bonds is 2. The van der Waals surface area contributed by atoms with Crippen molar-refractivity contribution >= 4 is 51.9 Å². The summed E-state index contributed by atoms with van der Waals surface area (Å²) in [5, 5.41) is 4.08. The number of aliphatic imine (C=N–C) groups is 1. The molecule has 0 radical (unpaired) electrons. The van der Waals surface area contributed by atoms with Gasteiger partial charge in [-0.25, -0.2) is 4.99 Å². The summed E-state index contributed by atoms with van der Waals surface area (Å²) in [6.07, 6.45) is 3.04. The third-order valence-corrected chi connectivity index (χ3v) is 6.83. The Balaban J connectivity index is 1.59. The number of amidine groups is 1. The maximum absolute atomic E-state index is 12.4. The minimum absolute atomic E-state index is 0.119. The molecule has 2 aromatic carbocycles. The van der Waals surface area contributed by atoms with Crippen LogP contribution < -0.4 is 10.2 Å². The monoisotopic (exact) mass is 425 g/mol. The van der Waals surface area contributed by atoms with E-state index < -0.39 is 0 Å². The zero-order chi connectivity index (χ0) is 20.8. The molecular weight excluding hydrogens is 402 g/mol. The molecule has 1 saturated heterocycles. The summed E-state index contributed by atoms with van der Waals surface area (Å²) in [4.78, 5) is 19.9. The molecule has 4 rings (SSSR count). The Hall–Kier alpha value is -2.24. The second kappa shape index (κ2) is 7.54. The van der Waals surface area contributed by atoms with Gasteiger partial charge < -0.3 is 10.2 Å². The number of benzene rings is 2. The van der Waals surface area contributed by atoms with Crippen molar-refractivity contribution in [2.75, 3.05) is 11.9 Å². The van der Waals surface area contributed by atoms with Crippen LogP contribution in [0.5, 0.6) is 0 Å². The maximum atomic E-state index is 12.4. The molecule has 0 bridgehead atoms. The molecule has 1 amide bonds. The SMILES string of the molecule is C[C@H]1CC(C)(C)N(C)c2ccc(/C=C3\SC(=Nc4ccc(Cl)cc4)NC3=O)cc21. The van der Waals surface area contributed by atoms with Crippen LogP contribution in [0.2, 0.25) is 5.02 Å². The fourth-order valence-electron chi connectivity index (χ4n) is 3.95.